The van der Waals surface area contributed by atoms with E-state index in [1.54, 1.807) is 27.7 Å². The summed E-state index contributed by atoms with van der Waals surface area (Å²) in [5.41, 5.74) is -0.0752. The quantitative estimate of drug-likeness (QED) is 0.602. The number of rotatable bonds is 8. The van der Waals surface area contributed by atoms with Crippen molar-refractivity contribution in [1.29, 1.82) is 0 Å². The standard InChI is InChI=1S/C27H33N3O5/c1-19-30-27(18-34-19,16-15-20-11-7-5-8-12-20)24(32)29-23(31)22(17-21-13-9-6-10-14-21)28-25(33)35-26(2,3)4/h5-14,22H,15-18H2,1-4H3,(H,28,33)(H,29,31,32)/t22-,27?/m0/s1. The second-order valence-corrected chi connectivity index (χ2v) is 9.64. The topological polar surface area (TPSA) is 106 Å². The molecule has 186 valence electrons. The third-order valence-electron chi connectivity index (χ3n) is 5.51. The largest absolute Gasteiger partial charge is 0.478 e. The van der Waals surface area contributed by atoms with Crippen LogP contribution in [0.3, 0.4) is 0 Å². The van der Waals surface area contributed by atoms with Crippen LogP contribution in [0.25, 0.3) is 0 Å². The van der Waals surface area contributed by atoms with E-state index in [1.165, 1.54) is 0 Å². The molecule has 0 spiro atoms. The van der Waals surface area contributed by atoms with Gasteiger partial charge >= 0.3 is 6.09 Å². The van der Waals surface area contributed by atoms with Crippen molar-refractivity contribution in [3.8, 4) is 0 Å². The van der Waals surface area contributed by atoms with Gasteiger partial charge in [0.15, 0.2) is 11.4 Å². The van der Waals surface area contributed by atoms with Gasteiger partial charge in [0.25, 0.3) is 5.91 Å². The number of hydrogen-bond donors (Lipinski definition) is 2. The van der Waals surface area contributed by atoms with Crippen LogP contribution in [0.5, 0.6) is 0 Å². The minimum atomic E-state index is -1.22. The summed E-state index contributed by atoms with van der Waals surface area (Å²) in [6.45, 7) is 6.94. The number of hydrogen-bond acceptors (Lipinski definition) is 6. The van der Waals surface area contributed by atoms with Gasteiger partial charge in [-0.2, -0.15) is 0 Å². The number of nitrogens with zero attached hydrogens (tertiary/aromatic N) is 1. The molecule has 0 radical (unpaired) electrons. The van der Waals surface area contributed by atoms with E-state index in [1.807, 2.05) is 60.7 Å². The summed E-state index contributed by atoms with van der Waals surface area (Å²) in [4.78, 5) is 43.5. The molecule has 0 saturated heterocycles. The minimum Gasteiger partial charge on any atom is -0.478 e. The Balaban J connectivity index is 1.75. The Bertz CT molecular complexity index is 1060. The molecule has 2 aromatic carbocycles. The molecule has 8 nitrogen and oxygen atoms in total. The molecule has 1 aliphatic heterocycles. The highest BCUT2D eigenvalue weighted by atomic mass is 16.6. The number of benzene rings is 2. The molecule has 1 aliphatic rings. The highest BCUT2D eigenvalue weighted by molar-refractivity contribution is 6.04. The van der Waals surface area contributed by atoms with Crippen LogP contribution in [0.15, 0.2) is 65.7 Å². The zero-order valence-electron chi connectivity index (χ0n) is 20.7. The Morgan fingerprint density at radius 2 is 1.63 bits per heavy atom. The number of amides is 3. The van der Waals surface area contributed by atoms with Crippen molar-refractivity contribution in [2.45, 2.75) is 64.1 Å². The number of carbonyl (C=O) groups is 3. The van der Waals surface area contributed by atoms with E-state index in [0.717, 1.165) is 11.1 Å². The predicted molar refractivity (Wildman–Crippen MR) is 133 cm³/mol. The summed E-state index contributed by atoms with van der Waals surface area (Å²) in [5.74, 6) is -0.795. The van der Waals surface area contributed by atoms with E-state index < -0.39 is 35.1 Å². The van der Waals surface area contributed by atoms with Crippen LogP contribution in [0, 0.1) is 0 Å². The van der Waals surface area contributed by atoms with Gasteiger partial charge in [0.1, 0.15) is 18.2 Å². The number of alkyl carbamates (subject to hydrolysis) is 1. The number of aryl methyl sites for hydroxylation is 1. The van der Waals surface area contributed by atoms with E-state index in [9.17, 15) is 14.4 Å². The van der Waals surface area contributed by atoms with Gasteiger partial charge in [0.2, 0.25) is 5.91 Å². The molecule has 0 fully saturated rings. The van der Waals surface area contributed by atoms with Crippen LogP contribution in [0.2, 0.25) is 0 Å². The lowest BCUT2D eigenvalue weighted by atomic mass is 9.91. The predicted octanol–water partition coefficient (Wildman–Crippen LogP) is 3.59. The number of ether oxygens (including phenoxy) is 2. The summed E-state index contributed by atoms with van der Waals surface area (Å²) in [5, 5.41) is 5.08. The Kier molecular flexibility index (Phi) is 8.27. The lowest BCUT2D eigenvalue weighted by molar-refractivity contribution is -0.135. The fourth-order valence-electron chi connectivity index (χ4n) is 3.77. The zero-order chi connectivity index (χ0) is 25.5. The van der Waals surface area contributed by atoms with Gasteiger partial charge < -0.3 is 14.8 Å². The molecule has 8 heteroatoms. The third kappa shape index (κ3) is 7.67. The van der Waals surface area contributed by atoms with Gasteiger partial charge in [-0.1, -0.05) is 60.7 Å². The smallest absolute Gasteiger partial charge is 0.408 e. The van der Waals surface area contributed by atoms with E-state index in [0.29, 0.717) is 18.7 Å². The van der Waals surface area contributed by atoms with Crippen molar-refractivity contribution in [2.24, 2.45) is 4.99 Å². The fourth-order valence-corrected chi connectivity index (χ4v) is 3.77. The Morgan fingerprint density at radius 1 is 1.03 bits per heavy atom. The maximum Gasteiger partial charge on any atom is 0.408 e. The molecule has 0 saturated carbocycles. The van der Waals surface area contributed by atoms with Crippen LogP contribution in [0.1, 0.15) is 45.2 Å². The Morgan fingerprint density at radius 3 is 2.17 bits per heavy atom. The van der Waals surface area contributed by atoms with Crippen molar-refractivity contribution in [2.75, 3.05) is 6.61 Å². The normalized spacial score (nSPS) is 18.1. The number of carbonyl (C=O) groups excluding carboxylic acids is 3. The van der Waals surface area contributed by atoms with Gasteiger partial charge in [-0.05, 0) is 44.7 Å². The summed E-state index contributed by atoms with van der Waals surface area (Å²) >= 11 is 0. The molecule has 3 rings (SSSR count). The van der Waals surface area contributed by atoms with Crippen molar-refractivity contribution >= 4 is 23.8 Å². The van der Waals surface area contributed by atoms with Gasteiger partial charge in [-0.15, -0.1) is 0 Å². The average Bonchev–Trinajstić information content (AvgIpc) is 3.19. The first-order valence-electron chi connectivity index (χ1n) is 11.7. The minimum absolute atomic E-state index is 0.0492. The van der Waals surface area contributed by atoms with Crippen LogP contribution >= 0.6 is 0 Å². The molecule has 1 unspecified atom stereocenters. The van der Waals surface area contributed by atoms with Gasteiger partial charge in [0.05, 0.1) is 0 Å². The maximum atomic E-state index is 13.4. The number of imide groups is 1. The van der Waals surface area contributed by atoms with Crippen LogP contribution in [-0.4, -0.2) is 47.6 Å². The highest BCUT2D eigenvalue weighted by Gasteiger charge is 2.44. The molecule has 2 aromatic rings. The van der Waals surface area contributed by atoms with Crippen molar-refractivity contribution in [3.05, 3.63) is 71.8 Å². The highest BCUT2D eigenvalue weighted by Crippen LogP contribution is 2.26. The number of nitrogens with one attached hydrogen (secondary N) is 2. The van der Waals surface area contributed by atoms with Crippen molar-refractivity contribution in [3.63, 3.8) is 0 Å². The Hall–Kier alpha value is -3.68. The number of aliphatic imine (C=N–C) groups is 1. The lowest BCUT2D eigenvalue weighted by Crippen LogP contribution is -2.55. The molecule has 0 aromatic heterocycles. The average molecular weight is 480 g/mol. The molecule has 0 bridgehead atoms. The monoisotopic (exact) mass is 479 g/mol. The Labute approximate surface area is 206 Å². The van der Waals surface area contributed by atoms with E-state index in [4.69, 9.17) is 9.47 Å². The molecular formula is C27H33N3O5. The molecule has 2 atom stereocenters. The van der Waals surface area contributed by atoms with Gasteiger partial charge in [-0.3, -0.25) is 14.9 Å². The summed E-state index contributed by atoms with van der Waals surface area (Å²) in [6.07, 6.45) is 0.412. The maximum absolute atomic E-state index is 13.4. The molecule has 0 aliphatic carbocycles. The molecule has 2 N–H and O–H groups in total. The van der Waals surface area contributed by atoms with Crippen molar-refractivity contribution in [1.82, 2.24) is 10.6 Å². The zero-order valence-corrected chi connectivity index (χ0v) is 20.7. The lowest BCUT2D eigenvalue weighted by Gasteiger charge is -2.26. The van der Waals surface area contributed by atoms with Crippen LogP contribution < -0.4 is 10.6 Å². The van der Waals surface area contributed by atoms with Crippen LogP contribution in [0.4, 0.5) is 4.79 Å². The first-order valence-corrected chi connectivity index (χ1v) is 11.7. The molecular weight excluding hydrogens is 446 g/mol. The van der Waals surface area contributed by atoms with Crippen LogP contribution in [-0.2, 0) is 31.9 Å². The molecule has 35 heavy (non-hydrogen) atoms. The molecule has 3 amide bonds. The van der Waals surface area contributed by atoms with Crippen molar-refractivity contribution < 1.29 is 23.9 Å². The van der Waals surface area contributed by atoms with E-state index in [-0.39, 0.29) is 13.0 Å². The van der Waals surface area contributed by atoms with E-state index >= 15 is 0 Å². The summed E-state index contributed by atoms with van der Waals surface area (Å²) in [6, 6.07) is 18.0. The summed E-state index contributed by atoms with van der Waals surface area (Å²) < 4.78 is 10.8. The van der Waals surface area contributed by atoms with Gasteiger partial charge in [0, 0.05) is 13.3 Å². The van der Waals surface area contributed by atoms with E-state index in [2.05, 4.69) is 15.6 Å². The fraction of sp³-hybridized carbons (Fsp3) is 0.407. The first-order chi connectivity index (χ1) is 16.6. The SMILES string of the molecule is CC1=NC(CCc2ccccc2)(C(=O)NC(=O)[C@H](Cc2ccccc2)NC(=O)OC(C)(C)C)CO1. The summed E-state index contributed by atoms with van der Waals surface area (Å²) in [7, 11) is 0. The second-order valence-electron chi connectivity index (χ2n) is 9.64. The first kappa shape index (κ1) is 25.9. The van der Waals surface area contributed by atoms with Gasteiger partial charge in [-0.25, -0.2) is 9.79 Å². The second kappa shape index (κ2) is 11.2. The molecule has 1 heterocycles. The third-order valence-corrected chi connectivity index (χ3v) is 5.51.